The summed E-state index contributed by atoms with van der Waals surface area (Å²) in [7, 11) is 1.24. The Morgan fingerprint density at radius 3 is 2.65 bits per heavy atom. The SMILES string of the molecule is COC(=O)c1ccc(Nc2ccccn2)c(C(=O)O)c1. The number of aromatic nitrogens is 1. The number of carbonyl (C=O) groups is 2. The van der Waals surface area contributed by atoms with E-state index in [4.69, 9.17) is 0 Å². The number of carbonyl (C=O) groups excluding carboxylic acids is 1. The number of ether oxygens (including phenoxy) is 1. The Bertz CT molecular complexity index is 641. The van der Waals surface area contributed by atoms with Gasteiger partial charge in [0.15, 0.2) is 0 Å². The van der Waals surface area contributed by atoms with Crippen LogP contribution in [0.2, 0.25) is 0 Å². The fourth-order valence-electron chi connectivity index (χ4n) is 1.65. The zero-order valence-electron chi connectivity index (χ0n) is 10.7. The van der Waals surface area contributed by atoms with Gasteiger partial charge in [-0.05, 0) is 30.3 Å². The largest absolute Gasteiger partial charge is 0.478 e. The highest BCUT2D eigenvalue weighted by molar-refractivity contribution is 5.99. The Balaban J connectivity index is 2.38. The minimum atomic E-state index is -1.14. The first-order valence-corrected chi connectivity index (χ1v) is 5.75. The number of rotatable bonds is 4. The molecule has 102 valence electrons. The highest BCUT2D eigenvalue weighted by atomic mass is 16.5. The van der Waals surface area contributed by atoms with Crippen LogP contribution < -0.4 is 5.32 Å². The maximum absolute atomic E-state index is 11.4. The topological polar surface area (TPSA) is 88.5 Å². The maximum Gasteiger partial charge on any atom is 0.337 e. The number of carboxylic acids is 1. The molecular formula is C14H12N2O4. The van der Waals surface area contributed by atoms with Gasteiger partial charge in [-0.25, -0.2) is 14.6 Å². The van der Waals surface area contributed by atoms with Crippen molar-refractivity contribution in [1.82, 2.24) is 4.98 Å². The zero-order valence-corrected chi connectivity index (χ0v) is 10.7. The normalized spacial score (nSPS) is 9.85. The molecule has 0 aliphatic rings. The standard InChI is InChI=1S/C14H12N2O4/c1-20-14(19)9-5-6-11(10(8-9)13(17)18)16-12-4-2-3-7-15-12/h2-8H,1H3,(H,15,16)(H,17,18). The molecule has 0 unspecified atom stereocenters. The number of pyridine rings is 1. The third kappa shape index (κ3) is 2.92. The molecular weight excluding hydrogens is 260 g/mol. The van der Waals surface area contributed by atoms with E-state index in [2.05, 4.69) is 15.0 Å². The van der Waals surface area contributed by atoms with Crippen LogP contribution >= 0.6 is 0 Å². The number of aromatic carboxylic acids is 1. The Hall–Kier alpha value is -2.89. The Morgan fingerprint density at radius 1 is 1.25 bits per heavy atom. The van der Waals surface area contributed by atoms with Gasteiger partial charge < -0.3 is 15.2 Å². The van der Waals surface area contributed by atoms with Gasteiger partial charge in [0, 0.05) is 6.20 Å². The van der Waals surface area contributed by atoms with Gasteiger partial charge in [0.1, 0.15) is 5.82 Å². The van der Waals surface area contributed by atoms with E-state index in [1.165, 1.54) is 25.3 Å². The van der Waals surface area contributed by atoms with Gasteiger partial charge in [0.2, 0.25) is 0 Å². The van der Waals surface area contributed by atoms with Crippen LogP contribution in [0.15, 0.2) is 42.6 Å². The van der Waals surface area contributed by atoms with Crippen molar-refractivity contribution in [2.24, 2.45) is 0 Å². The molecule has 1 aromatic heterocycles. The summed E-state index contributed by atoms with van der Waals surface area (Å²) in [5.74, 6) is -1.22. The second-order valence-electron chi connectivity index (χ2n) is 3.90. The van der Waals surface area contributed by atoms with Crippen LogP contribution in [0.4, 0.5) is 11.5 Å². The average molecular weight is 272 g/mol. The summed E-state index contributed by atoms with van der Waals surface area (Å²) in [4.78, 5) is 26.7. The fourth-order valence-corrected chi connectivity index (χ4v) is 1.65. The Morgan fingerprint density at radius 2 is 2.05 bits per heavy atom. The summed E-state index contributed by atoms with van der Waals surface area (Å²) >= 11 is 0. The van der Waals surface area contributed by atoms with Crippen molar-refractivity contribution in [3.63, 3.8) is 0 Å². The molecule has 1 heterocycles. The molecule has 2 aromatic rings. The summed E-state index contributed by atoms with van der Waals surface area (Å²) in [5.41, 5.74) is 0.499. The van der Waals surface area contributed by atoms with Crippen molar-refractivity contribution < 1.29 is 19.4 Å². The summed E-state index contributed by atoms with van der Waals surface area (Å²) in [5, 5.41) is 12.1. The minimum absolute atomic E-state index is 0.0291. The lowest BCUT2D eigenvalue weighted by molar-refractivity contribution is 0.0601. The van der Waals surface area contributed by atoms with E-state index in [1.807, 2.05) is 0 Å². The van der Waals surface area contributed by atoms with E-state index in [9.17, 15) is 14.7 Å². The molecule has 0 aliphatic heterocycles. The van der Waals surface area contributed by atoms with Gasteiger partial charge >= 0.3 is 11.9 Å². The van der Waals surface area contributed by atoms with Gasteiger partial charge in [0.25, 0.3) is 0 Å². The molecule has 0 amide bonds. The number of anilines is 2. The monoisotopic (exact) mass is 272 g/mol. The van der Waals surface area contributed by atoms with Crippen LogP contribution in [-0.4, -0.2) is 29.1 Å². The van der Waals surface area contributed by atoms with Crippen LogP contribution in [0, 0.1) is 0 Å². The van der Waals surface area contributed by atoms with E-state index in [0.717, 1.165) is 0 Å². The summed E-state index contributed by atoms with van der Waals surface area (Å²) in [6.07, 6.45) is 1.59. The molecule has 0 aliphatic carbocycles. The summed E-state index contributed by atoms with van der Waals surface area (Å²) < 4.78 is 4.56. The predicted octanol–water partition coefficient (Wildman–Crippen LogP) is 2.31. The van der Waals surface area contributed by atoms with Crippen molar-refractivity contribution in [3.8, 4) is 0 Å². The number of hydrogen-bond donors (Lipinski definition) is 2. The number of esters is 1. The smallest absolute Gasteiger partial charge is 0.337 e. The molecule has 6 heteroatoms. The number of nitrogens with one attached hydrogen (secondary N) is 1. The number of benzene rings is 1. The average Bonchev–Trinajstić information content (AvgIpc) is 2.47. The summed E-state index contributed by atoms with van der Waals surface area (Å²) in [6.45, 7) is 0. The third-order valence-corrected chi connectivity index (χ3v) is 2.60. The number of methoxy groups -OCH3 is 1. The third-order valence-electron chi connectivity index (χ3n) is 2.60. The molecule has 0 radical (unpaired) electrons. The van der Waals surface area contributed by atoms with Crippen molar-refractivity contribution in [2.45, 2.75) is 0 Å². The molecule has 0 fully saturated rings. The molecule has 2 N–H and O–H groups in total. The molecule has 1 aromatic carbocycles. The van der Waals surface area contributed by atoms with E-state index in [0.29, 0.717) is 11.5 Å². The van der Waals surface area contributed by atoms with Crippen LogP contribution in [0.3, 0.4) is 0 Å². The number of nitrogens with zero attached hydrogens (tertiary/aromatic N) is 1. The van der Waals surface area contributed by atoms with Crippen LogP contribution in [0.25, 0.3) is 0 Å². The maximum atomic E-state index is 11.4. The quantitative estimate of drug-likeness (QED) is 0.830. The molecule has 0 spiro atoms. The van der Waals surface area contributed by atoms with Crippen LogP contribution in [0.5, 0.6) is 0 Å². The van der Waals surface area contributed by atoms with E-state index in [-0.39, 0.29) is 11.1 Å². The molecule has 0 saturated carbocycles. The minimum Gasteiger partial charge on any atom is -0.478 e. The first-order valence-electron chi connectivity index (χ1n) is 5.75. The summed E-state index contributed by atoms with van der Waals surface area (Å²) in [6, 6.07) is 9.50. The highest BCUT2D eigenvalue weighted by Crippen LogP contribution is 2.21. The number of hydrogen-bond acceptors (Lipinski definition) is 5. The molecule has 0 atom stereocenters. The number of carboxylic acid groups (broad SMARTS) is 1. The molecule has 0 saturated heterocycles. The fraction of sp³-hybridized carbons (Fsp3) is 0.0714. The lowest BCUT2D eigenvalue weighted by Crippen LogP contribution is -2.07. The Labute approximate surface area is 115 Å². The van der Waals surface area contributed by atoms with Crippen LogP contribution in [-0.2, 0) is 4.74 Å². The van der Waals surface area contributed by atoms with Crippen molar-refractivity contribution in [1.29, 1.82) is 0 Å². The van der Waals surface area contributed by atoms with Crippen molar-refractivity contribution in [2.75, 3.05) is 12.4 Å². The second-order valence-corrected chi connectivity index (χ2v) is 3.90. The highest BCUT2D eigenvalue weighted by Gasteiger charge is 2.15. The molecule has 20 heavy (non-hydrogen) atoms. The lowest BCUT2D eigenvalue weighted by atomic mass is 10.1. The van der Waals surface area contributed by atoms with Gasteiger partial charge in [0.05, 0.1) is 23.9 Å². The molecule has 2 rings (SSSR count). The first kappa shape index (κ1) is 13.5. The predicted molar refractivity (Wildman–Crippen MR) is 72.3 cm³/mol. The second kappa shape index (κ2) is 5.83. The van der Waals surface area contributed by atoms with Gasteiger partial charge in [-0.15, -0.1) is 0 Å². The Kier molecular flexibility index (Phi) is 3.95. The molecule has 0 bridgehead atoms. The van der Waals surface area contributed by atoms with Crippen molar-refractivity contribution >= 4 is 23.4 Å². The van der Waals surface area contributed by atoms with Gasteiger partial charge in [-0.3, -0.25) is 0 Å². The lowest BCUT2D eigenvalue weighted by Gasteiger charge is -2.10. The van der Waals surface area contributed by atoms with Gasteiger partial charge in [-0.1, -0.05) is 6.07 Å². The van der Waals surface area contributed by atoms with E-state index in [1.54, 1.807) is 24.4 Å². The van der Waals surface area contributed by atoms with E-state index < -0.39 is 11.9 Å². The van der Waals surface area contributed by atoms with Gasteiger partial charge in [-0.2, -0.15) is 0 Å². The first-order chi connectivity index (χ1) is 9.61. The zero-order chi connectivity index (χ0) is 14.5. The van der Waals surface area contributed by atoms with E-state index >= 15 is 0 Å². The molecule has 6 nitrogen and oxygen atoms in total. The van der Waals surface area contributed by atoms with Crippen LogP contribution in [0.1, 0.15) is 20.7 Å². The van der Waals surface area contributed by atoms with Crippen molar-refractivity contribution in [3.05, 3.63) is 53.7 Å².